The molecule has 6 rings (SSSR count). The number of aromatic nitrogens is 5. The Morgan fingerprint density at radius 3 is 2.41 bits per heavy atom. The summed E-state index contributed by atoms with van der Waals surface area (Å²) < 4.78 is 17.5. The first-order chi connectivity index (χ1) is 19.7. The van der Waals surface area contributed by atoms with Crippen LogP contribution in [0.3, 0.4) is 0 Å². The zero-order valence-electron chi connectivity index (χ0n) is 23.9. The standard InChI is InChI=1S/C32H35FN6O2/c1-5-19-8-7-9-20(6-2)29(19)39-30(23-14-26(33)25(18-40)28-22(23)10-12-34-28)24-17-38(13-11-27(24)37-39)31-35-15-21(16-36-31)32(3,4)41/h7-10,12,14-16,34,40-41H,5-6,11,13,17-18H2,1-4H3. The van der Waals surface area contributed by atoms with E-state index in [2.05, 4.69) is 51.9 Å². The molecule has 0 saturated heterocycles. The van der Waals surface area contributed by atoms with Crippen LogP contribution in [0.25, 0.3) is 27.8 Å². The van der Waals surface area contributed by atoms with Gasteiger partial charge in [0.15, 0.2) is 0 Å². The first-order valence-corrected chi connectivity index (χ1v) is 14.2. The number of aliphatic hydroxyl groups excluding tert-OH is 1. The van der Waals surface area contributed by atoms with Gasteiger partial charge >= 0.3 is 0 Å². The molecule has 5 aromatic rings. The predicted molar refractivity (Wildman–Crippen MR) is 158 cm³/mol. The van der Waals surface area contributed by atoms with E-state index in [0.29, 0.717) is 36.5 Å². The van der Waals surface area contributed by atoms with Crippen molar-refractivity contribution in [1.29, 1.82) is 0 Å². The highest BCUT2D eigenvalue weighted by molar-refractivity contribution is 5.97. The molecule has 2 aromatic carbocycles. The number of anilines is 1. The molecule has 212 valence electrons. The monoisotopic (exact) mass is 554 g/mol. The van der Waals surface area contributed by atoms with Crippen LogP contribution < -0.4 is 4.90 Å². The number of aryl methyl sites for hydroxylation is 2. The second-order valence-corrected chi connectivity index (χ2v) is 11.1. The van der Waals surface area contributed by atoms with Crippen molar-refractivity contribution in [3.05, 3.63) is 88.3 Å². The van der Waals surface area contributed by atoms with Crippen LogP contribution in [-0.2, 0) is 38.0 Å². The van der Waals surface area contributed by atoms with E-state index < -0.39 is 18.0 Å². The van der Waals surface area contributed by atoms with E-state index >= 15 is 4.39 Å². The fraction of sp³-hybridized carbons (Fsp3) is 0.344. The fourth-order valence-corrected chi connectivity index (χ4v) is 5.88. The van der Waals surface area contributed by atoms with Crippen molar-refractivity contribution < 1.29 is 14.6 Å². The molecule has 1 aliphatic heterocycles. The molecule has 0 amide bonds. The smallest absolute Gasteiger partial charge is 0.225 e. The van der Waals surface area contributed by atoms with Crippen LogP contribution in [0.1, 0.15) is 61.2 Å². The Morgan fingerprint density at radius 1 is 1.07 bits per heavy atom. The van der Waals surface area contributed by atoms with Crippen LogP contribution in [0.5, 0.6) is 0 Å². The van der Waals surface area contributed by atoms with Gasteiger partial charge in [-0.2, -0.15) is 5.10 Å². The molecule has 0 bridgehead atoms. The van der Waals surface area contributed by atoms with Crippen molar-refractivity contribution in [2.24, 2.45) is 0 Å². The van der Waals surface area contributed by atoms with E-state index in [1.54, 1.807) is 32.4 Å². The van der Waals surface area contributed by atoms with E-state index in [-0.39, 0.29) is 5.56 Å². The Kier molecular flexibility index (Phi) is 6.87. The largest absolute Gasteiger partial charge is 0.391 e. The molecule has 3 aromatic heterocycles. The molecule has 8 nitrogen and oxygen atoms in total. The first-order valence-electron chi connectivity index (χ1n) is 14.2. The van der Waals surface area contributed by atoms with Crippen LogP contribution >= 0.6 is 0 Å². The zero-order chi connectivity index (χ0) is 28.9. The minimum atomic E-state index is -1.03. The Labute approximate surface area is 238 Å². The van der Waals surface area contributed by atoms with Crippen molar-refractivity contribution in [1.82, 2.24) is 24.7 Å². The average Bonchev–Trinajstić information content (AvgIpc) is 3.61. The molecule has 3 N–H and O–H groups in total. The summed E-state index contributed by atoms with van der Waals surface area (Å²) in [6.07, 6.45) is 7.45. The van der Waals surface area contributed by atoms with Crippen LogP contribution in [0, 0.1) is 5.82 Å². The Morgan fingerprint density at radius 2 is 1.78 bits per heavy atom. The second-order valence-electron chi connectivity index (χ2n) is 11.1. The number of nitrogens with one attached hydrogen (secondary N) is 1. The number of halogens is 1. The van der Waals surface area contributed by atoms with Gasteiger partial charge in [0.1, 0.15) is 5.82 Å². The van der Waals surface area contributed by atoms with Gasteiger partial charge in [0.25, 0.3) is 0 Å². The Balaban J connectivity index is 1.58. The van der Waals surface area contributed by atoms with E-state index in [9.17, 15) is 10.2 Å². The molecule has 1 aliphatic rings. The number of fused-ring (bicyclic) bond motifs is 2. The van der Waals surface area contributed by atoms with Gasteiger partial charge < -0.3 is 20.1 Å². The summed E-state index contributed by atoms with van der Waals surface area (Å²) in [6, 6.07) is 9.80. The number of para-hydroxylation sites is 1. The predicted octanol–water partition coefficient (Wildman–Crippen LogP) is 5.36. The maximum absolute atomic E-state index is 15.5. The first kappa shape index (κ1) is 27.1. The molecule has 0 aliphatic carbocycles. The van der Waals surface area contributed by atoms with Crippen molar-refractivity contribution in [3.63, 3.8) is 0 Å². The van der Waals surface area contributed by atoms with Crippen LogP contribution in [-0.4, -0.2) is 41.5 Å². The summed E-state index contributed by atoms with van der Waals surface area (Å²) in [5.74, 6) is 0.107. The van der Waals surface area contributed by atoms with Crippen molar-refractivity contribution in [3.8, 4) is 16.9 Å². The van der Waals surface area contributed by atoms with Crippen molar-refractivity contribution in [2.75, 3.05) is 11.4 Å². The highest BCUT2D eigenvalue weighted by atomic mass is 19.1. The van der Waals surface area contributed by atoms with E-state index in [0.717, 1.165) is 46.4 Å². The third-order valence-corrected chi connectivity index (χ3v) is 8.15. The van der Waals surface area contributed by atoms with Gasteiger partial charge in [-0.15, -0.1) is 0 Å². The maximum Gasteiger partial charge on any atom is 0.225 e. The van der Waals surface area contributed by atoms with Crippen LogP contribution in [0.2, 0.25) is 0 Å². The quantitative estimate of drug-likeness (QED) is 0.250. The molecular formula is C32H35FN6O2. The topological polar surface area (TPSA) is 103 Å². The van der Waals surface area contributed by atoms with Crippen LogP contribution in [0.4, 0.5) is 10.3 Å². The van der Waals surface area contributed by atoms with Crippen molar-refractivity contribution >= 4 is 16.9 Å². The lowest BCUT2D eigenvalue weighted by Gasteiger charge is -2.27. The normalized spacial score (nSPS) is 13.7. The minimum Gasteiger partial charge on any atom is -0.391 e. The summed E-state index contributed by atoms with van der Waals surface area (Å²) in [5, 5.41) is 26.3. The summed E-state index contributed by atoms with van der Waals surface area (Å²) in [5.41, 5.74) is 7.35. The zero-order valence-corrected chi connectivity index (χ0v) is 23.9. The third kappa shape index (κ3) is 4.59. The number of aliphatic hydroxyl groups is 2. The second kappa shape index (κ2) is 10.4. The lowest BCUT2D eigenvalue weighted by atomic mass is 9.96. The number of benzene rings is 2. The molecule has 9 heteroatoms. The van der Waals surface area contributed by atoms with Gasteiger partial charge in [-0.1, -0.05) is 32.0 Å². The molecule has 41 heavy (non-hydrogen) atoms. The molecule has 0 radical (unpaired) electrons. The lowest BCUT2D eigenvalue weighted by Crippen LogP contribution is -2.32. The van der Waals surface area contributed by atoms with Gasteiger partial charge in [-0.05, 0) is 49.9 Å². The number of nitrogens with zero attached hydrogens (tertiary/aromatic N) is 5. The van der Waals surface area contributed by atoms with E-state index in [4.69, 9.17) is 5.10 Å². The van der Waals surface area contributed by atoms with E-state index in [1.165, 1.54) is 17.2 Å². The molecule has 0 unspecified atom stereocenters. The summed E-state index contributed by atoms with van der Waals surface area (Å²) >= 11 is 0. The molecule has 0 atom stereocenters. The molecule has 0 saturated carbocycles. The molecule has 4 heterocycles. The van der Waals surface area contributed by atoms with Gasteiger partial charge in [0.05, 0.1) is 34.8 Å². The summed E-state index contributed by atoms with van der Waals surface area (Å²) in [4.78, 5) is 14.4. The van der Waals surface area contributed by atoms with Gasteiger partial charge in [0.2, 0.25) is 5.95 Å². The van der Waals surface area contributed by atoms with Gasteiger partial charge in [-0.25, -0.2) is 19.0 Å². The minimum absolute atomic E-state index is 0.249. The number of hydrogen-bond donors (Lipinski definition) is 3. The lowest BCUT2D eigenvalue weighted by molar-refractivity contribution is 0.0778. The molecule has 0 fully saturated rings. The average molecular weight is 555 g/mol. The number of H-pyrrole nitrogens is 1. The van der Waals surface area contributed by atoms with Crippen molar-refractivity contribution in [2.45, 2.75) is 65.7 Å². The summed E-state index contributed by atoms with van der Waals surface area (Å²) in [6.45, 7) is 8.47. The highest BCUT2D eigenvalue weighted by Gasteiger charge is 2.30. The Bertz CT molecular complexity index is 1710. The summed E-state index contributed by atoms with van der Waals surface area (Å²) in [7, 11) is 0. The van der Waals surface area contributed by atoms with Gasteiger partial charge in [0, 0.05) is 65.7 Å². The number of rotatable bonds is 7. The Hall–Kier alpha value is -4.08. The third-order valence-electron chi connectivity index (χ3n) is 8.15. The fourth-order valence-electron chi connectivity index (χ4n) is 5.88. The van der Waals surface area contributed by atoms with E-state index in [1.807, 2.05) is 10.7 Å². The molecular weight excluding hydrogens is 519 g/mol. The number of hydrogen-bond acceptors (Lipinski definition) is 6. The number of aromatic amines is 1. The van der Waals surface area contributed by atoms with Gasteiger partial charge in [-0.3, -0.25) is 0 Å². The molecule has 0 spiro atoms. The highest BCUT2D eigenvalue weighted by Crippen LogP contribution is 2.40. The van der Waals surface area contributed by atoms with Crippen LogP contribution in [0.15, 0.2) is 48.9 Å². The SMILES string of the molecule is CCc1cccc(CC)c1-n1nc2c(c1-c1cc(F)c(CO)c3[nH]ccc13)CN(c1ncc(C(C)(C)O)cn1)CC2. The maximum atomic E-state index is 15.5.